The topological polar surface area (TPSA) is 110 Å². The van der Waals surface area contributed by atoms with Crippen LogP contribution in [0.5, 0.6) is 0 Å². The molecule has 0 heterocycles. The number of carbonyl (C=O) groups is 2. The fourth-order valence-electron chi connectivity index (χ4n) is 0.969. The minimum atomic E-state index is -4.48. The van der Waals surface area contributed by atoms with Gasteiger partial charge in [-0.1, -0.05) is 0 Å². The summed E-state index contributed by atoms with van der Waals surface area (Å²) in [6, 6.07) is 0. The van der Waals surface area contributed by atoms with Gasteiger partial charge in [-0.25, -0.2) is 0 Å². The normalized spacial score (nSPS) is 11.3. The highest BCUT2D eigenvalue weighted by Crippen LogP contribution is 2.37. The molecule has 0 saturated heterocycles. The third kappa shape index (κ3) is 5.85. The molecule has 0 aliphatic rings. The molecule has 0 saturated carbocycles. The zero-order valence-corrected chi connectivity index (χ0v) is 9.98. The van der Waals surface area contributed by atoms with Crippen LogP contribution in [0.3, 0.4) is 0 Å². The molecule has 0 aromatic carbocycles. The minimum Gasteiger partial charge on any atom is -0.465 e. The molecule has 16 heavy (non-hydrogen) atoms. The Kier molecular flexibility index (Phi) is 6.25. The van der Waals surface area contributed by atoms with Gasteiger partial charge >= 0.3 is 19.5 Å². The first-order valence-electron chi connectivity index (χ1n) is 4.69. The Morgan fingerprint density at radius 3 is 1.75 bits per heavy atom. The van der Waals surface area contributed by atoms with Gasteiger partial charge in [0.25, 0.3) is 0 Å². The van der Waals surface area contributed by atoms with Crippen molar-refractivity contribution in [3.8, 4) is 0 Å². The molecule has 0 atom stereocenters. The minimum absolute atomic E-state index is 0.0237. The summed E-state index contributed by atoms with van der Waals surface area (Å²) in [5.41, 5.74) is 0. The van der Waals surface area contributed by atoms with Crippen molar-refractivity contribution in [2.75, 3.05) is 19.4 Å². The zero-order chi connectivity index (χ0) is 12.8. The molecule has 0 aliphatic carbocycles. The molecule has 0 spiro atoms. The van der Waals surface area contributed by atoms with Crippen molar-refractivity contribution in [1.82, 2.24) is 0 Å². The molecule has 94 valence electrons. The van der Waals surface area contributed by atoms with Gasteiger partial charge in [0, 0.05) is 0 Å². The van der Waals surface area contributed by atoms with Gasteiger partial charge in [-0.05, 0) is 13.8 Å². The van der Waals surface area contributed by atoms with E-state index < -0.39 is 31.6 Å². The first-order valence-corrected chi connectivity index (χ1v) is 6.49. The van der Waals surface area contributed by atoms with Gasteiger partial charge in [0.05, 0.1) is 19.4 Å². The zero-order valence-electron chi connectivity index (χ0n) is 9.08. The molecule has 0 aliphatic heterocycles. The molecule has 7 nitrogen and oxygen atoms in total. The first kappa shape index (κ1) is 15.1. The van der Waals surface area contributed by atoms with Gasteiger partial charge in [-0.3, -0.25) is 14.2 Å². The van der Waals surface area contributed by atoms with E-state index in [0.29, 0.717) is 0 Å². The van der Waals surface area contributed by atoms with Crippen molar-refractivity contribution in [2.24, 2.45) is 5.92 Å². The largest absolute Gasteiger partial charge is 0.465 e. The summed E-state index contributed by atoms with van der Waals surface area (Å²) in [6.07, 6.45) is -0.898. The molecule has 2 N–H and O–H groups in total. The highest BCUT2D eigenvalue weighted by Gasteiger charge is 2.35. The summed E-state index contributed by atoms with van der Waals surface area (Å²) in [5, 5.41) is 0. The lowest BCUT2D eigenvalue weighted by molar-refractivity contribution is -0.160. The van der Waals surface area contributed by atoms with Crippen molar-refractivity contribution in [2.45, 2.75) is 13.8 Å². The highest BCUT2D eigenvalue weighted by molar-refractivity contribution is 7.51. The lowest BCUT2D eigenvalue weighted by atomic mass is 10.2. The maximum absolute atomic E-state index is 11.3. The van der Waals surface area contributed by atoms with E-state index in [0.717, 1.165) is 0 Å². The van der Waals surface area contributed by atoms with Crippen LogP contribution in [0.2, 0.25) is 0 Å². The van der Waals surface area contributed by atoms with Crippen LogP contribution in [0.25, 0.3) is 0 Å². The fourth-order valence-corrected chi connectivity index (χ4v) is 1.74. The van der Waals surface area contributed by atoms with Gasteiger partial charge in [0.15, 0.2) is 5.92 Å². The third-order valence-corrected chi connectivity index (χ3v) is 2.40. The van der Waals surface area contributed by atoms with Crippen LogP contribution in [-0.2, 0) is 23.6 Å². The number of ether oxygens (including phenoxy) is 2. The van der Waals surface area contributed by atoms with Gasteiger partial charge in [-0.15, -0.1) is 0 Å². The molecule has 0 aromatic rings. The summed E-state index contributed by atoms with van der Waals surface area (Å²) in [7, 11) is -4.48. The second-order valence-corrected chi connectivity index (χ2v) is 4.60. The molecular weight excluding hydrogens is 239 g/mol. The second-order valence-electron chi connectivity index (χ2n) is 2.90. The standard InChI is InChI=1S/C8H15O7P/c1-3-14-7(9)6(5-16(11,12)13)8(10)15-4-2/h6H,3-5H2,1-2H3,(H2,11,12,13). The van der Waals surface area contributed by atoms with Gasteiger partial charge in [-0.2, -0.15) is 0 Å². The predicted octanol–water partition coefficient (Wildman–Crippen LogP) is -0.0935. The molecule has 0 unspecified atom stereocenters. The Balaban J connectivity index is 4.69. The summed E-state index contributed by atoms with van der Waals surface area (Å²) >= 11 is 0. The van der Waals surface area contributed by atoms with Crippen molar-refractivity contribution < 1.29 is 33.4 Å². The Bertz CT molecular complexity index is 277. The van der Waals surface area contributed by atoms with E-state index in [2.05, 4.69) is 9.47 Å². The average Bonchev–Trinajstić information content (AvgIpc) is 2.13. The lowest BCUT2D eigenvalue weighted by Crippen LogP contribution is -2.31. The highest BCUT2D eigenvalue weighted by atomic mass is 31.2. The number of hydrogen-bond donors (Lipinski definition) is 2. The summed E-state index contributed by atoms with van der Waals surface area (Å²) in [4.78, 5) is 40.0. The van der Waals surface area contributed by atoms with Gasteiger partial charge in [0.2, 0.25) is 0 Å². The third-order valence-electron chi connectivity index (χ3n) is 1.56. The predicted molar refractivity (Wildman–Crippen MR) is 53.7 cm³/mol. The summed E-state index contributed by atoms with van der Waals surface area (Å²) in [6.45, 7) is 3.10. The lowest BCUT2D eigenvalue weighted by Gasteiger charge is -2.14. The van der Waals surface area contributed by atoms with Crippen LogP contribution in [0, 0.1) is 5.92 Å². The SMILES string of the molecule is CCOC(=O)C(CP(=O)(O)O)C(=O)OCC. The molecule has 0 radical (unpaired) electrons. The second kappa shape index (κ2) is 6.62. The first-order chi connectivity index (χ1) is 7.31. The quantitative estimate of drug-likeness (QED) is 0.387. The molecule has 0 aromatic heterocycles. The van der Waals surface area contributed by atoms with Crippen molar-refractivity contribution in [3.05, 3.63) is 0 Å². The van der Waals surface area contributed by atoms with E-state index >= 15 is 0 Å². The van der Waals surface area contributed by atoms with Crippen molar-refractivity contribution in [3.63, 3.8) is 0 Å². The van der Waals surface area contributed by atoms with Crippen LogP contribution < -0.4 is 0 Å². The van der Waals surface area contributed by atoms with Crippen LogP contribution in [0.1, 0.15) is 13.8 Å². The molecule has 0 amide bonds. The van der Waals surface area contributed by atoms with E-state index in [4.69, 9.17) is 9.79 Å². The smallest absolute Gasteiger partial charge is 0.327 e. The number of esters is 2. The molecule has 0 fully saturated rings. The van der Waals surface area contributed by atoms with Crippen molar-refractivity contribution in [1.29, 1.82) is 0 Å². The van der Waals surface area contributed by atoms with Crippen LogP contribution in [0.4, 0.5) is 0 Å². The Morgan fingerprint density at radius 1 is 1.12 bits per heavy atom. The fraction of sp³-hybridized carbons (Fsp3) is 0.750. The monoisotopic (exact) mass is 254 g/mol. The maximum Gasteiger partial charge on any atom is 0.327 e. The molecule has 0 rings (SSSR count). The molecule has 8 heteroatoms. The number of hydrogen-bond acceptors (Lipinski definition) is 5. The van der Waals surface area contributed by atoms with Crippen LogP contribution >= 0.6 is 7.60 Å². The number of carbonyl (C=O) groups excluding carboxylic acids is 2. The van der Waals surface area contributed by atoms with E-state index in [1.165, 1.54) is 13.8 Å². The molecular formula is C8H15O7P. The Morgan fingerprint density at radius 2 is 1.50 bits per heavy atom. The summed E-state index contributed by atoms with van der Waals surface area (Å²) < 4.78 is 19.8. The van der Waals surface area contributed by atoms with E-state index in [9.17, 15) is 14.2 Å². The Hall–Kier alpha value is -0.910. The van der Waals surface area contributed by atoms with Crippen LogP contribution in [0.15, 0.2) is 0 Å². The van der Waals surface area contributed by atoms with Gasteiger partial charge < -0.3 is 19.3 Å². The number of rotatable bonds is 6. The van der Waals surface area contributed by atoms with E-state index in [-0.39, 0.29) is 13.2 Å². The summed E-state index contributed by atoms with van der Waals surface area (Å²) in [5.74, 6) is -3.53. The van der Waals surface area contributed by atoms with E-state index in [1.807, 2.05) is 0 Å². The van der Waals surface area contributed by atoms with Crippen LogP contribution in [-0.4, -0.2) is 41.1 Å². The van der Waals surface area contributed by atoms with Gasteiger partial charge in [0.1, 0.15) is 0 Å². The maximum atomic E-state index is 11.3. The Labute approximate surface area is 92.9 Å². The van der Waals surface area contributed by atoms with Crippen molar-refractivity contribution >= 4 is 19.5 Å². The average molecular weight is 254 g/mol. The van der Waals surface area contributed by atoms with E-state index in [1.54, 1.807) is 0 Å². The molecule has 0 bridgehead atoms.